The first-order chi connectivity index (χ1) is 25.3. The van der Waals surface area contributed by atoms with E-state index in [4.69, 9.17) is 4.42 Å². The third kappa shape index (κ3) is 4.90. The zero-order valence-corrected chi connectivity index (χ0v) is 27.8. The van der Waals surface area contributed by atoms with Crippen LogP contribution in [-0.4, -0.2) is 4.57 Å². The molecule has 0 N–H and O–H groups in total. The molecule has 0 spiro atoms. The molecule has 0 amide bonds. The first-order valence-corrected chi connectivity index (χ1v) is 17.4. The van der Waals surface area contributed by atoms with E-state index >= 15 is 0 Å². The number of benzene rings is 8. The maximum absolute atomic E-state index is 6.42. The van der Waals surface area contributed by atoms with Crippen LogP contribution in [0.2, 0.25) is 0 Å². The highest BCUT2D eigenvalue weighted by molar-refractivity contribution is 6.17. The summed E-state index contributed by atoms with van der Waals surface area (Å²) >= 11 is 0. The molecule has 0 saturated carbocycles. The highest BCUT2D eigenvalue weighted by Crippen LogP contribution is 2.45. The average Bonchev–Trinajstić information content (AvgIpc) is 3.74. The Bertz CT molecular complexity index is 2850. The van der Waals surface area contributed by atoms with E-state index in [0.29, 0.717) is 0 Å². The number of fused-ring (bicyclic) bond motifs is 6. The zero-order chi connectivity index (χ0) is 33.7. The van der Waals surface area contributed by atoms with Crippen molar-refractivity contribution in [2.75, 3.05) is 4.90 Å². The Morgan fingerprint density at radius 3 is 1.84 bits per heavy atom. The maximum atomic E-state index is 6.42. The number of hydrogen-bond donors (Lipinski definition) is 0. The number of para-hydroxylation sites is 4. The monoisotopic (exact) mass is 652 g/mol. The number of anilines is 3. The van der Waals surface area contributed by atoms with Crippen molar-refractivity contribution >= 4 is 60.8 Å². The SMILES string of the molecule is c1ccc(-c2cccc(-c3cc(N(c4ccccc4)c4ccc5c(c4)oc4ccccc45)cc4c3c3ccccc3n4-c3ccccc3)c2)cc1. The molecule has 2 heterocycles. The fourth-order valence-electron chi connectivity index (χ4n) is 7.67. The molecule has 0 aliphatic heterocycles. The van der Waals surface area contributed by atoms with E-state index in [1.54, 1.807) is 0 Å². The second-order valence-electron chi connectivity index (χ2n) is 13.0. The topological polar surface area (TPSA) is 21.3 Å². The summed E-state index contributed by atoms with van der Waals surface area (Å²) < 4.78 is 8.83. The van der Waals surface area contributed by atoms with Gasteiger partial charge < -0.3 is 13.9 Å². The highest BCUT2D eigenvalue weighted by Gasteiger charge is 2.22. The van der Waals surface area contributed by atoms with Gasteiger partial charge in [-0.15, -0.1) is 0 Å². The van der Waals surface area contributed by atoms with Crippen LogP contribution >= 0.6 is 0 Å². The largest absolute Gasteiger partial charge is 0.456 e. The Morgan fingerprint density at radius 2 is 1.02 bits per heavy atom. The van der Waals surface area contributed by atoms with Crippen LogP contribution in [0.1, 0.15) is 0 Å². The molecule has 0 bridgehead atoms. The van der Waals surface area contributed by atoms with Crippen molar-refractivity contribution < 1.29 is 4.42 Å². The predicted octanol–water partition coefficient (Wildman–Crippen LogP) is 13.5. The van der Waals surface area contributed by atoms with Gasteiger partial charge in [-0.05, 0) is 89.0 Å². The molecule has 51 heavy (non-hydrogen) atoms. The lowest BCUT2D eigenvalue weighted by molar-refractivity contribution is 0.669. The van der Waals surface area contributed by atoms with Crippen molar-refractivity contribution in [3.63, 3.8) is 0 Å². The van der Waals surface area contributed by atoms with Gasteiger partial charge in [-0.2, -0.15) is 0 Å². The molecule has 3 heteroatoms. The van der Waals surface area contributed by atoms with Crippen molar-refractivity contribution in [1.82, 2.24) is 4.57 Å². The Kier molecular flexibility index (Phi) is 6.81. The second kappa shape index (κ2) is 11.9. The number of furan rings is 1. The molecule has 2 aromatic heterocycles. The molecule has 0 atom stereocenters. The molecular formula is C48H32N2O. The van der Waals surface area contributed by atoms with Crippen molar-refractivity contribution in [1.29, 1.82) is 0 Å². The summed E-state index contributed by atoms with van der Waals surface area (Å²) in [5, 5.41) is 4.68. The lowest BCUT2D eigenvalue weighted by atomic mass is 9.95. The molecule has 10 rings (SSSR count). The van der Waals surface area contributed by atoms with E-state index in [9.17, 15) is 0 Å². The van der Waals surface area contributed by atoms with Crippen LogP contribution in [0.3, 0.4) is 0 Å². The average molecular weight is 653 g/mol. The third-order valence-electron chi connectivity index (χ3n) is 9.95. The van der Waals surface area contributed by atoms with Crippen LogP contribution in [0, 0.1) is 0 Å². The first kappa shape index (κ1) is 29.1. The minimum atomic E-state index is 0.866. The molecule has 0 saturated heterocycles. The zero-order valence-electron chi connectivity index (χ0n) is 27.8. The summed E-state index contributed by atoms with van der Waals surface area (Å²) in [4.78, 5) is 2.35. The number of nitrogens with zero attached hydrogens (tertiary/aromatic N) is 2. The molecule has 0 radical (unpaired) electrons. The normalized spacial score (nSPS) is 11.5. The van der Waals surface area contributed by atoms with E-state index < -0.39 is 0 Å². The molecule has 0 aliphatic rings. The summed E-state index contributed by atoms with van der Waals surface area (Å²) in [6, 6.07) is 69.2. The Balaban J connectivity index is 1.29. The Labute approximate surface area is 295 Å². The van der Waals surface area contributed by atoms with Gasteiger partial charge in [0.15, 0.2) is 0 Å². The quantitative estimate of drug-likeness (QED) is 0.178. The van der Waals surface area contributed by atoms with Crippen LogP contribution < -0.4 is 4.90 Å². The van der Waals surface area contributed by atoms with Crippen molar-refractivity contribution in [3.05, 3.63) is 194 Å². The van der Waals surface area contributed by atoms with Crippen LogP contribution in [0.15, 0.2) is 199 Å². The van der Waals surface area contributed by atoms with Gasteiger partial charge in [-0.1, -0.05) is 121 Å². The standard InChI is InChI=1S/C48H32N2O/c1-4-15-33(16-5-1)34-17-14-18-35(29-34)43-30-39(31-45-48(43)42-24-10-12-25-44(42)50(45)37-21-8-3-9-22-37)49(36-19-6-2-7-20-36)38-27-28-41-40-23-11-13-26-46(40)51-47(41)32-38/h1-32H. The van der Waals surface area contributed by atoms with Crippen LogP contribution in [-0.2, 0) is 0 Å². The van der Waals surface area contributed by atoms with Crippen LogP contribution in [0.4, 0.5) is 17.1 Å². The van der Waals surface area contributed by atoms with Crippen molar-refractivity contribution in [2.45, 2.75) is 0 Å². The van der Waals surface area contributed by atoms with E-state index in [1.165, 1.54) is 38.5 Å². The van der Waals surface area contributed by atoms with Crippen LogP contribution in [0.5, 0.6) is 0 Å². The summed E-state index contributed by atoms with van der Waals surface area (Å²) in [7, 11) is 0. The van der Waals surface area contributed by atoms with Crippen LogP contribution in [0.25, 0.3) is 71.7 Å². The molecule has 0 unspecified atom stereocenters. The minimum Gasteiger partial charge on any atom is -0.456 e. The summed E-state index contributed by atoms with van der Waals surface area (Å²) in [6.45, 7) is 0. The molecule has 10 aromatic rings. The fourth-order valence-corrected chi connectivity index (χ4v) is 7.67. The van der Waals surface area contributed by atoms with E-state index in [-0.39, 0.29) is 0 Å². The lowest BCUT2D eigenvalue weighted by Crippen LogP contribution is -2.10. The van der Waals surface area contributed by atoms with Gasteiger partial charge in [0.1, 0.15) is 11.2 Å². The molecule has 0 fully saturated rings. The molecule has 8 aromatic carbocycles. The maximum Gasteiger partial charge on any atom is 0.137 e. The summed E-state index contributed by atoms with van der Waals surface area (Å²) in [6.07, 6.45) is 0. The highest BCUT2D eigenvalue weighted by atomic mass is 16.3. The van der Waals surface area contributed by atoms with Gasteiger partial charge in [0.05, 0.1) is 11.0 Å². The minimum absolute atomic E-state index is 0.866. The smallest absolute Gasteiger partial charge is 0.137 e. The lowest BCUT2D eigenvalue weighted by Gasteiger charge is -2.26. The predicted molar refractivity (Wildman–Crippen MR) is 214 cm³/mol. The van der Waals surface area contributed by atoms with Gasteiger partial charge in [-0.3, -0.25) is 0 Å². The van der Waals surface area contributed by atoms with E-state index in [2.05, 4.69) is 191 Å². The molecular weight excluding hydrogens is 621 g/mol. The van der Waals surface area contributed by atoms with E-state index in [0.717, 1.165) is 50.2 Å². The summed E-state index contributed by atoms with van der Waals surface area (Å²) in [5.74, 6) is 0. The fraction of sp³-hybridized carbons (Fsp3) is 0. The van der Waals surface area contributed by atoms with Crippen molar-refractivity contribution in [3.8, 4) is 27.9 Å². The van der Waals surface area contributed by atoms with Gasteiger partial charge in [-0.25, -0.2) is 0 Å². The van der Waals surface area contributed by atoms with Gasteiger partial charge >= 0.3 is 0 Å². The third-order valence-corrected chi connectivity index (χ3v) is 9.95. The molecule has 3 nitrogen and oxygen atoms in total. The summed E-state index contributed by atoms with van der Waals surface area (Å²) in [5.41, 5.74) is 13.1. The van der Waals surface area contributed by atoms with Gasteiger partial charge in [0, 0.05) is 50.4 Å². The number of hydrogen-bond acceptors (Lipinski definition) is 2. The van der Waals surface area contributed by atoms with Gasteiger partial charge in [0.2, 0.25) is 0 Å². The van der Waals surface area contributed by atoms with Crippen molar-refractivity contribution in [2.24, 2.45) is 0 Å². The number of rotatable bonds is 6. The Morgan fingerprint density at radius 1 is 0.373 bits per heavy atom. The van der Waals surface area contributed by atoms with Gasteiger partial charge in [0.25, 0.3) is 0 Å². The molecule has 240 valence electrons. The van der Waals surface area contributed by atoms with E-state index in [1.807, 2.05) is 12.1 Å². The molecule has 0 aliphatic carbocycles. The number of aromatic nitrogens is 1. The second-order valence-corrected chi connectivity index (χ2v) is 13.0. The Hall–Kier alpha value is -6.84. The first-order valence-electron chi connectivity index (χ1n) is 17.4.